The van der Waals surface area contributed by atoms with Crippen LogP contribution in [0.2, 0.25) is 0 Å². The Kier molecular flexibility index (Phi) is 4.94. The van der Waals surface area contributed by atoms with E-state index in [4.69, 9.17) is 10.5 Å². The Morgan fingerprint density at radius 2 is 2.06 bits per heavy atom. The molecule has 16 heavy (non-hydrogen) atoms. The third kappa shape index (κ3) is 4.00. The van der Waals surface area contributed by atoms with Gasteiger partial charge in [0.05, 0.1) is 19.8 Å². The van der Waals surface area contributed by atoms with Gasteiger partial charge in [0.25, 0.3) is 5.91 Å². The molecule has 1 rings (SSSR count). The number of amides is 2. The first-order valence-corrected chi connectivity index (χ1v) is 5.19. The summed E-state index contributed by atoms with van der Waals surface area (Å²) in [6.07, 6.45) is 1.49. The fourth-order valence-electron chi connectivity index (χ4n) is 1.43. The van der Waals surface area contributed by atoms with Gasteiger partial charge in [-0.1, -0.05) is 6.08 Å². The van der Waals surface area contributed by atoms with Gasteiger partial charge in [-0.2, -0.15) is 0 Å². The predicted molar refractivity (Wildman–Crippen MR) is 58.4 cm³/mol. The summed E-state index contributed by atoms with van der Waals surface area (Å²) >= 11 is 0. The molecule has 0 saturated carbocycles. The second kappa shape index (κ2) is 6.24. The van der Waals surface area contributed by atoms with E-state index in [0.29, 0.717) is 13.2 Å². The van der Waals surface area contributed by atoms with Crippen molar-refractivity contribution in [1.82, 2.24) is 10.2 Å². The molecule has 1 fully saturated rings. The Balaban J connectivity index is 2.37. The summed E-state index contributed by atoms with van der Waals surface area (Å²) in [6.45, 7) is 4.65. The first kappa shape index (κ1) is 12.7. The number of nitrogens with two attached hydrogens (primary N) is 1. The minimum absolute atomic E-state index is 0.137. The maximum Gasteiger partial charge on any atom is 0.264 e. The molecule has 0 aromatic rings. The zero-order chi connectivity index (χ0) is 12.0. The molecule has 1 saturated heterocycles. The van der Waals surface area contributed by atoms with Gasteiger partial charge in [0.2, 0.25) is 5.91 Å². The second-order valence-corrected chi connectivity index (χ2v) is 3.50. The molecule has 0 aromatic heterocycles. The lowest BCUT2D eigenvalue weighted by Crippen LogP contribution is -2.44. The number of carbonyl (C=O) groups is 2. The lowest BCUT2D eigenvalue weighted by molar-refractivity contribution is -0.124. The van der Waals surface area contributed by atoms with Crippen molar-refractivity contribution in [3.05, 3.63) is 11.8 Å². The number of morpholine rings is 1. The summed E-state index contributed by atoms with van der Waals surface area (Å²) < 4.78 is 5.16. The molecule has 2 amide bonds. The van der Waals surface area contributed by atoms with Gasteiger partial charge in [-0.25, -0.2) is 0 Å². The minimum atomic E-state index is -0.627. The molecule has 0 unspecified atom stereocenters. The number of rotatable bonds is 4. The van der Waals surface area contributed by atoms with Crippen LogP contribution in [0.1, 0.15) is 6.92 Å². The molecule has 0 radical (unpaired) electrons. The Morgan fingerprint density at radius 1 is 1.44 bits per heavy atom. The van der Waals surface area contributed by atoms with E-state index in [1.807, 2.05) is 4.90 Å². The Bertz CT molecular complexity index is 296. The lowest BCUT2D eigenvalue weighted by atomic mass is 10.3. The quantitative estimate of drug-likeness (QED) is 0.592. The van der Waals surface area contributed by atoms with Crippen LogP contribution in [0.5, 0.6) is 0 Å². The van der Waals surface area contributed by atoms with Crippen molar-refractivity contribution in [1.29, 1.82) is 0 Å². The Hall–Kier alpha value is -1.40. The van der Waals surface area contributed by atoms with E-state index in [2.05, 4.69) is 5.32 Å². The fraction of sp³-hybridized carbons (Fsp3) is 0.600. The van der Waals surface area contributed by atoms with Crippen LogP contribution in [0.25, 0.3) is 0 Å². The van der Waals surface area contributed by atoms with Crippen LogP contribution in [0.3, 0.4) is 0 Å². The van der Waals surface area contributed by atoms with Crippen molar-refractivity contribution in [3.8, 4) is 0 Å². The molecular formula is C10H17N3O3. The van der Waals surface area contributed by atoms with Crippen LogP contribution >= 0.6 is 0 Å². The summed E-state index contributed by atoms with van der Waals surface area (Å²) in [5.41, 5.74) is 5.21. The summed E-state index contributed by atoms with van der Waals surface area (Å²) in [5, 5.41) is 2.48. The number of nitrogens with zero attached hydrogens (tertiary/aromatic N) is 1. The highest BCUT2D eigenvalue weighted by atomic mass is 16.5. The van der Waals surface area contributed by atoms with E-state index >= 15 is 0 Å². The van der Waals surface area contributed by atoms with E-state index in [1.54, 1.807) is 6.92 Å². The first-order chi connectivity index (χ1) is 7.63. The van der Waals surface area contributed by atoms with Crippen LogP contribution in [0, 0.1) is 0 Å². The average molecular weight is 227 g/mol. The maximum absolute atomic E-state index is 11.5. The fourth-order valence-corrected chi connectivity index (χ4v) is 1.43. The molecule has 0 spiro atoms. The third-order valence-electron chi connectivity index (χ3n) is 2.30. The zero-order valence-electron chi connectivity index (χ0n) is 9.36. The summed E-state index contributed by atoms with van der Waals surface area (Å²) in [4.78, 5) is 24.4. The molecule has 1 aliphatic rings. The molecule has 6 nitrogen and oxygen atoms in total. The van der Waals surface area contributed by atoms with Gasteiger partial charge in [0, 0.05) is 13.1 Å². The number of carbonyl (C=O) groups excluding carboxylic acids is 2. The molecular weight excluding hydrogens is 210 g/mol. The molecule has 1 heterocycles. The first-order valence-electron chi connectivity index (χ1n) is 5.19. The highest BCUT2D eigenvalue weighted by molar-refractivity contribution is 5.96. The number of hydrogen-bond donors (Lipinski definition) is 2. The molecule has 0 aliphatic carbocycles. The monoisotopic (exact) mass is 227 g/mol. The highest BCUT2D eigenvalue weighted by Crippen LogP contribution is 1.96. The lowest BCUT2D eigenvalue weighted by Gasteiger charge is -2.25. The van der Waals surface area contributed by atoms with Crippen LogP contribution < -0.4 is 11.1 Å². The van der Waals surface area contributed by atoms with Crippen LogP contribution in [0.15, 0.2) is 11.8 Å². The smallest absolute Gasteiger partial charge is 0.264 e. The Morgan fingerprint density at radius 3 is 2.56 bits per heavy atom. The molecule has 6 heteroatoms. The second-order valence-electron chi connectivity index (χ2n) is 3.50. The van der Waals surface area contributed by atoms with Crippen molar-refractivity contribution in [2.75, 3.05) is 32.8 Å². The molecule has 0 aromatic carbocycles. The van der Waals surface area contributed by atoms with Gasteiger partial charge in [0.15, 0.2) is 0 Å². The summed E-state index contributed by atoms with van der Waals surface area (Å²) in [6, 6.07) is 0. The van der Waals surface area contributed by atoms with Gasteiger partial charge in [0.1, 0.15) is 5.70 Å². The van der Waals surface area contributed by atoms with E-state index in [-0.39, 0.29) is 18.1 Å². The van der Waals surface area contributed by atoms with Gasteiger partial charge < -0.3 is 15.8 Å². The number of primary amides is 1. The number of ether oxygens (including phenoxy) is 1. The van der Waals surface area contributed by atoms with Crippen molar-refractivity contribution >= 4 is 11.8 Å². The Labute approximate surface area is 94.4 Å². The van der Waals surface area contributed by atoms with Crippen molar-refractivity contribution in [2.45, 2.75) is 6.92 Å². The molecule has 90 valence electrons. The molecule has 3 N–H and O–H groups in total. The van der Waals surface area contributed by atoms with Crippen molar-refractivity contribution in [2.24, 2.45) is 5.73 Å². The highest BCUT2D eigenvalue weighted by Gasteiger charge is 2.15. The van der Waals surface area contributed by atoms with Crippen molar-refractivity contribution in [3.63, 3.8) is 0 Å². The van der Waals surface area contributed by atoms with Crippen LogP contribution in [0.4, 0.5) is 0 Å². The van der Waals surface area contributed by atoms with E-state index in [1.165, 1.54) is 6.08 Å². The van der Waals surface area contributed by atoms with Crippen LogP contribution in [-0.4, -0.2) is 49.6 Å². The molecule has 1 aliphatic heterocycles. The van der Waals surface area contributed by atoms with E-state index in [9.17, 15) is 9.59 Å². The van der Waals surface area contributed by atoms with Gasteiger partial charge in [-0.15, -0.1) is 0 Å². The van der Waals surface area contributed by atoms with E-state index in [0.717, 1.165) is 13.1 Å². The topological polar surface area (TPSA) is 84.7 Å². The summed E-state index contributed by atoms with van der Waals surface area (Å²) in [7, 11) is 0. The third-order valence-corrected chi connectivity index (χ3v) is 2.30. The number of nitrogens with one attached hydrogen (secondary N) is 1. The van der Waals surface area contributed by atoms with E-state index < -0.39 is 5.91 Å². The van der Waals surface area contributed by atoms with Crippen LogP contribution in [-0.2, 0) is 14.3 Å². The van der Waals surface area contributed by atoms with Crippen molar-refractivity contribution < 1.29 is 14.3 Å². The SMILES string of the molecule is CC=C(NC(=O)CN1CCOCC1)C(N)=O. The zero-order valence-corrected chi connectivity index (χ0v) is 9.36. The normalized spacial score (nSPS) is 18.2. The molecule has 0 atom stereocenters. The summed E-state index contributed by atoms with van der Waals surface area (Å²) in [5.74, 6) is -0.855. The van der Waals surface area contributed by atoms with Gasteiger partial charge in [-0.05, 0) is 6.92 Å². The number of hydrogen-bond acceptors (Lipinski definition) is 4. The van der Waals surface area contributed by atoms with Gasteiger partial charge >= 0.3 is 0 Å². The standard InChI is InChI=1S/C10H17N3O3/c1-2-8(10(11)15)12-9(14)7-13-3-5-16-6-4-13/h2H,3-7H2,1H3,(H2,11,15)(H,12,14). The minimum Gasteiger partial charge on any atom is -0.379 e. The maximum atomic E-state index is 11.5. The molecule has 0 bridgehead atoms. The van der Waals surface area contributed by atoms with Gasteiger partial charge in [-0.3, -0.25) is 14.5 Å². The largest absolute Gasteiger partial charge is 0.379 e. The number of allylic oxidation sites excluding steroid dienone is 1. The average Bonchev–Trinajstić information content (AvgIpc) is 2.27. The predicted octanol–water partition coefficient (Wildman–Crippen LogP) is -1.18.